The summed E-state index contributed by atoms with van der Waals surface area (Å²) < 4.78 is 58.0. The van der Waals surface area contributed by atoms with E-state index in [0.29, 0.717) is 6.07 Å². The van der Waals surface area contributed by atoms with E-state index in [-0.39, 0.29) is 12.4 Å². The fraction of sp³-hybridized carbons (Fsp3) is 0.333. The Morgan fingerprint density at radius 3 is 2.47 bits per heavy atom. The van der Waals surface area contributed by atoms with Gasteiger partial charge in [-0.1, -0.05) is 0 Å². The van der Waals surface area contributed by atoms with Crippen LogP contribution >= 0.6 is 0 Å². The van der Waals surface area contributed by atoms with Crippen LogP contribution in [0.25, 0.3) is 0 Å². The van der Waals surface area contributed by atoms with Crippen molar-refractivity contribution in [3.8, 4) is 0 Å². The summed E-state index contributed by atoms with van der Waals surface area (Å²) in [5.74, 6) is -0.166. The number of nitrogens with two attached hydrogens (primary N) is 1. The second-order valence-corrected chi connectivity index (χ2v) is 4.35. The molecule has 9 heteroatoms. The van der Waals surface area contributed by atoms with Gasteiger partial charge in [-0.3, -0.25) is 0 Å². The maximum absolute atomic E-state index is 12.1. The molecule has 0 unspecified atom stereocenters. The Morgan fingerprint density at radius 2 is 2.00 bits per heavy atom. The van der Waals surface area contributed by atoms with Gasteiger partial charge in [-0.25, -0.2) is 18.4 Å². The lowest BCUT2D eigenvalue weighted by Gasteiger charge is -2.07. The van der Waals surface area contributed by atoms with Gasteiger partial charge in [0.1, 0.15) is 5.82 Å². The van der Waals surface area contributed by atoms with Gasteiger partial charge in [0, 0.05) is 6.20 Å². The third-order valence-electron chi connectivity index (χ3n) is 1.44. The molecule has 1 aromatic heterocycles. The largest absolute Gasteiger partial charge is 0.503 e. The van der Waals surface area contributed by atoms with E-state index in [4.69, 9.17) is 5.73 Å². The highest BCUT2D eigenvalue weighted by Gasteiger charge is 2.48. The molecule has 0 aliphatic rings. The first-order valence-electron chi connectivity index (χ1n) is 3.62. The first-order valence-corrected chi connectivity index (χ1v) is 5.10. The van der Waals surface area contributed by atoms with E-state index in [1.165, 1.54) is 0 Å². The van der Waals surface area contributed by atoms with Gasteiger partial charge in [0.15, 0.2) is 5.03 Å². The molecule has 0 aliphatic carbocycles. The maximum Gasteiger partial charge on any atom is 0.503 e. The molecule has 0 fully saturated rings. The number of hydrogen-bond donors (Lipinski definition) is 1. The number of nitrogens with zero attached hydrogens (tertiary/aromatic N) is 2. The van der Waals surface area contributed by atoms with Crippen molar-refractivity contribution in [2.75, 3.05) is 0 Å². The predicted octanol–water partition coefficient (Wildman–Crippen LogP) is 0.229. The molecule has 5 nitrogen and oxygen atoms in total. The van der Waals surface area contributed by atoms with E-state index in [2.05, 4.69) is 9.97 Å². The summed E-state index contributed by atoms with van der Waals surface area (Å²) in [6.45, 7) is -0.235. The SMILES string of the molecule is NCc1nccc(S(=O)(=O)C(F)(F)F)n1. The van der Waals surface area contributed by atoms with Gasteiger partial charge in [-0.05, 0) is 6.07 Å². The van der Waals surface area contributed by atoms with Crippen LogP contribution in [0.3, 0.4) is 0 Å². The molecule has 15 heavy (non-hydrogen) atoms. The number of aromatic nitrogens is 2. The van der Waals surface area contributed by atoms with Crippen LogP contribution in [-0.4, -0.2) is 23.9 Å². The summed E-state index contributed by atoms with van der Waals surface area (Å²) in [6.07, 6.45) is 0.911. The summed E-state index contributed by atoms with van der Waals surface area (Å²) in [6, 6.07) is 0.669. The van der Waals surface area contributed by atoms with E-state index in [9.17, 15) is 21.6 Å². The van der Waals surface area contributed by atoms with Crippen molar-refractivity contribution in [1.29, 1.82) is 0 Å². The molecule has 0 aliphatic heterocycles. The molecule has 0 atom stereocenters. The summed E-state index contributed by atoms with van der Waals surface area (Å²) >= 11 is 0. The number of sulfone groups is 1. The van der Waals surface area contributed by atoms with Gasteiger partial charge in [-0.2, -0.15) is 13.2 Å². The summed E-state index contributed by atoms with van der Waals surface area (Å²) in [5.41, 5.74) is -0.298. The Morgan fingerprint density at radius 1 is 1.40 bits per heavy atom. The molecular formula is C6H6F3N3O2S. The minimum atomic E-state index is -5.42. The molecule has 0 bridgehead atoms. The highest BCUT2D eigenvalue weighted by Crippen LogP contribution is 2.28. The minimum Gasteiger partial charge on any atom is -0.324 e. The van der Waals surface area contributed by atoms with Gasteiger partial charge in [0.2, 0.25) is 0 Å². The van der Waals surface area contributed by atoms with Crippen LogP contribution < -0.4 is 5.73 Å². The van der Waals surface area contributed by atoms with E-state index >= 15 is 0 Å². The third-order valence-corrected chi connectivity index (χ3v) is 2.83. The first kappa shape index (κ1) is 11.9. The van der Waals surface area contributed by atoms with Crippen LogP contribution in [-0.2, 0) is 16.4 Å². The fourth-order valence-corrected chi connectivity index (χ4v) is 1.45. The molecule has 0 spiro atoms. The molecule has 0 aromatic carbocycles. The molecule has 0 saturated carbocycles. The van der Waals surface area contributed by atoms with Crippen molar-refractivity contribution in [2.24, 2.45) is 5.73 Å². The number of rotatable bonds is 2. The molecule has 84 valence electrons. The topological polar surface area (TPSA) is 85.9 Å². The van der Waals surface area contributed by atoms with Crippen molar-refractivity contribution >= 4 is 9.84 Å². The van der Waals surface area contributed by atoms with Crippen LogP contribution in [0, 0.1) is 0 Å². The molecule has 1 rings (SSSR count). The number of alkyl halides is 3. The molecular weight excluding hydrogens is 235 g/mol. The van der Waals surface area contributed by atoms with Crippen molar-refractivity contribution in [1.82, 2.24) is 9.97 Å². The zero-order valence-corrected chi connectivity index (χ0v) is 8.01. The van der Waals surface area contributed by atoms with E-state index in [1.54, 1.807) is 0 Å². The van der Waals surface area contributed by atoms with Crippen molar-refractivity contribution < 1.29 is 21.6 Å². The Hall–Kier alpha value is -1.22. The predicted molar refractivity (Wildman–Crippen MR) is 43.2 cm³/mol. The summed E-state index contributed by atoms with van der Waals surface area (Å²) in [7, 11) is -5.42. The fourth-order valence-electron chi connectivity index (χ4n) is 0.747. The smallest absolute Gasteiger partial charge is 0.324 e. The monoisotopic (exact) mass is 241 g/mol. The highest BCUT2D eigenvalue weighted by molar-refractivity contribution is 7.92. The van der Waals surface area contributed by atoms with Crippen LogP contribution in [0.2, 0.25) is 0 Å². The second-order valence-electron chi connectivity index (χ2n) is 2.46. The van der Waals surface area contributed by atoms with Crippen molar-refractivity contribution in [3.63, 3.8) is 0 Å². The Bertz CT molecular complexity index is 457. The zero-order valence-electron chi connectivity index (χ0n) is 7.19. The van der Waals surface area contributed by atoms with Gasteiger partial charge in [0.25, 0.3) is 9.84 Å². The lowest BCUT2D eigenvalue weighted by molar-refractivity contribution is -0.0438. The van der Waals surface area contributed by atoms with E-state index < -0.39 is 20.4 Å². The lowest BCUT2D eigenvalue weighted by atomic mass is 10.5. The summed E-state index contributed by atoms with van der Waals surface area (Å²) in [4.78, 5) is 6.67. The molecule has 1 heterocycles. The zero-order chi connectivity index (χ0) is 11.7. The van der Waals surface area contributed by atoms with Gasteiger partial charge in [0.05, 0.1) is 6.54 Å². The second kappa shape index (κ2) is 3.74. The molecule has 0 saturated heterocycles. The molecule has 0 radical (unpaired) electrons. The van der Waals surface area contributed by atoms with Crippen LogP contribution in [0.1, 0.15) is 5.82 Å². The molecule has 1 aromatic rings. The van der Waals surface area contributed by atoms with Crippen molar-refractivity contribution in [2.45, 2.75) is 17.1 Å². The quantitative estimate of drug-likeness (QED) is 0.749. The van der Waals surface area contributed by atoms with Crippen LogP contribution in [0.5, 0.6) is 0 Å². The maximum atomic E-state index is 12.1. The molecule has 0 amide bonds. The Kier molecular flexibility index (Phi) is 2.95. The number of halogens is 3. The number of hydrogen-bond acceptors (Lipinski definition) is 5. The van der Waals surface area contributed by atoms with Crippen LogP contribution in [0.4, 0.5) is 13.2 Å². The summed E-state index contributed by atoms with van der Waals surface area (Å²) in [5, 5.41) is -1.09. The van der Waals surface area contributed by atoms with Gasteiger partial charge < -0.3 is 5.73 Å². The van der Waals surface area contributed by atoms with E-state index in [1.807, 2.05) is 0 Å². The standard InChI is InChI=1S/C6H6F3N3O2S/c7-6(8,9)15(13,14)5-1-2-11-4(3-10)12-5/h1-2H,3,10H2. The molecule has 2 N–H and O–H groups in total. The highest BCUT2D eigenvalue weighted by atomic mass is 32.2. The van der Waals surface area contributed by atoms with Gasteiger partial charge >= 0.3 is 5.51 Å². The third kappa shape index (κ3) is 2.23. The van der Waals surface area contributed by atoms with E-state index in [0.717, 1.165) is 6.20 Å². The van der Waals surface area contributed by atoms with Crippen molar-refractivity contribution in [3.05, 3.63) is 18.1 Å². The lowest BCUT2D eigenvalue weighted by Crippen LogP contribution is -2.24. The van der Waals surface area contributed by atoms with Gasteiger partial charge in [-0.15, -0.1) is 0 Å². The van der Waals surface area contributed by atoms with Crippen LogP contribution in [0.15, 0.2) is 17.3 Å². The minimum absolute atomic E-state index is 0.166. The Labute approximate surface area is 83.1 Å². The Balaban J connectivity index is 3.29. The average Bonchev–Trinajstić information content (AvgIpc) is 2.16. The average molecular weight is 241 g/mol. The first-order chi connectivity index (χ1) is 6.79. The normalized spacial score (nSPS) is 12.8.